The van der Waals surface area contributed by atoms with Crippen molar-refractivity contribution in [3.63, 3.8) is 0 Å². The zero-order chi connectivity index (χ0) is 17.5. The van der Waals surface area contributed by atoms with Crippen LogP contribution in [-0.4, -0.2) is 47.6 Å². The van der Waals surface area contributed by atoms with Crippen LogP contribution in [0.3, 0.4) is 0 Å². The summed E-state index contributed by atoms with van der Waals surface area (Å²) in [6.45, 7) is 1.16. The molecule has 128 valence electrons. The van der Waals surface area contributed by atoms with E-state index >= 15 is 0 Å². The van der Waals surface area contributed by atoms with Gasteiger partial charge in [0, 0.05) is 31.7 Å². The van der Waals surface area contributed by atoms with Gasteiger partial charge in [-0.05, 0) is 30.0 Å². The van der Waals surface area contributed by atoms with Crippen LogP contribution >= 0.6 is 11.8 Å². The third-order valence-electron chi connectivity index (χ3n) is 3.52. The van der Waals surface area contributed by atoms with Gasteiger partial charge >= 0.3 is 0 Å². The van der Waals surface area contributed by atoms with E-state index in [1.165, 1.54) is 21.7 Å². The zero-order valence-corrected chi connectivity index (χ0v) is 14.9. The van der Waals surface area contributed by atoms with Crippen LogP contribution in [0.25, 0.3) is 0 Å². The summed E-state index contributed by atoms with van der Waals surface area (Å²) in [5.74, 6) is -0.227. The van der Waals surface area contributed by atoms with Crippen molar-refractivity contribution in [1.82, 2.24) is 14.7 Å². The van der Waals surface area contributed by atoms with Crippen molar-refractivity contribution in [2.24, 2.45) is 0 Å². The summed E-state index contributed by atoms with van der Waals surface area (Å²) in [5, 5.41) is 4.13. The number of amides is 1. The third kappa shape index (κ3) is 4.69. The summed E-state index contributed by atoms with van der Waals surface area (Å²) in [6, 6.07) is 10.9. The van der Waals surface area contributed by atoms with Gasteiger partial charge in [-0.2, -0.15) is 5.10 Å². The molecular weight excluding hydrogens is 326 g/mol. The van der Waals surface area contributed by atoms with Crippen LogP contribution < -0.4 is 5.56 Å². The molecule has 2 rings (SSSR count). The van der Waals surface area contributed by atoms with Crippen molar-refractivity contribution in [1.29, 1.82) is 0 Å². The molecule has 6 nitrogen and oxygen atoms in total. The minimum atomic E-state index is -0.251. The number of hydrogen-bond donors (Lipinski definition) is 0. The Labute approximate surface area is 145 Å². The fraction of sp³-hybridized carbons (Fsp3) is 0.353. The number of aromatic nitrogens is 2. The molecule has 0 bridgehead atoms. The standard InChI is InChI=1S/C17H21N3O3S/c1-19(12-13-4-6-14(24-3)7-5-13)17(22)15-8-9-16(21)20(18-15)10-11-23-2/h4-9H,10-12H2,1-3H3. The lowest BCUT2D eigenvalue weighted by molar-refractivity contribution is 0.0775. The first-order chi connectivity index (χ1) is 11.5. The Balaban J connectivity index is 2.10. The number of carbonyl (C=O) groups is 1. The van der Waals surface area contributed by atoms with E-state index in [4.69, 9.17) is 4.74 Å². The average molecular weight is 347 g/mol. The SMILES string of the molecule is COCCn1nc(C(=O)N(C)Cc2ccc(SC)cc2)ccc1=O. The lowest BCUT2D eigenvalue weighted by Crippen LogP contribution is -2.31. The van der Waals surface area contributed by atoms with E-state index in [9.17, 15) is 9.59 Å². The van der Waals surface area contributed by atoms with Gasteiger partial charge in [0.1, 0.15) is 5.69 Å². The summed E-state index contributed by atoms with van der Waals surface area (Å²) >= 11 is 1.68. The highest BCUT2D eigenvalue weighted by atomic mass is 32.2. The molecule has 0 unspecified atom stereocenters. The molecule has 0 fully saturated rings. The quantitative estimate of drug-likeness (QED) is 0.716. The molecule has 1 aromatic heterocycles. The van der Waals surface area contributed by atoms with E-state index in [-0.39, 0.29) is 17.2 Å². The number of methoxy groups -OCH3 is 1. The van der Waals surface area contributed by atoms with Gasteiger partial charge in [-0.1, -0.05) is 12.1 Å². The predicted molar refractivity (Wildman–Crippen MR) is 94.4 cm³/mol. The first-order valence-electron chi connectivity index (χ1n) is 7.50. The maximum Gasteiger partial charge on any atom is 0.274 e. The Bertz CT molecular complexity index is 743. The van der Waals surface area contributed by atoms with Gasteiger partial charge in [0.15, 0.2) is 0 Å². The highest BCUT2D eigenvalue weighted by molar-refractivity contribution is 7.98. The van der Waals surface area contributed by atoms with Crippen LogP contribution in [0.5, 0.6) is 0 Å². The molecule has 24 heavy (non-hydrogen) atoms. The maximum absolute atomic E-state index is 12.5. The number of benzene rings is 1. The van der Waals surface area contributed by atoms with Crippen molar-refractivity contribution < 1.29 is 9.53 Å². The van der Waals surface area contributed by atoms with Crippen LogP contribution in [0, 0.1) is 0 Å². The second-order valence-electron chi connectivity index (χ2n) is 5.28. The van der Waals surface area contributed by atoms with Gasteiger partial charge in [0.05, 0.1) is 13.2 Å². The van der Waals surface area contributed by atoms with Gasteiger partial charge in [-0.25, -0.2) is 4.68 Å². The Kier molecular flexibility index (Phi) is 6.57. The highest BCUT2D eigenvalue weighted by Crippen LogP contribution is 2.16. The second-order valence-corrected chi connectivity index (χ2v) is 6.16. The van der Waals surface area contributed by atoms with Crippen molar-refractivity contribution in [2.45, 2.75) is 18.0 Å². The maximum atomic E-state index is 12.5. The summed E-state index contributed by atoms with van der Waals surface area (Å²) in [5.41, 5.74) is 1.03. The van der Waals surface area contributed by atoms with Crippen molar-refractivity contribution in [2.75, 3.05) is 27.0 Å². The Morgan fingerprint density at radius 1 is 1.25 bits per heavy atom. The number of nitrogens with zero attached hydrogens (tertiary/aromatic N) is 3. The molecule has 0 aliphatic carbocycles. The molecular formula is C17H21N3O3S. The fourth-order valence-electron chi connectivity index (χ4n) is 2.17. The summed E-state index contributed by atoms with van der Waals surface area (Å²) in [7, 11) is 3.27. The number of rotatable bonds is 7. The van der Waals surface area contributed by atoms with Gasteiger partial charge in [0.2, 0.25) is 0 Å². The topological polar surface area (TPSA) is 64.4 Å². The molecule has 0 atom stereocenters. The average Bonchev–Trinajstić information content (AvgIpc) is 2.61. The van der Waals surface area contributed by atoms with Gasteiger partial charge in [0.25, 0.3) is 11.5 Å². The Morgan fingerprint density at radius 2 is 1.96 bits per heavy atom. The molecule has 7 heteroatoms. The van der Waals surface area contributed by atoms with E-state index in [1.54, 1.807) is 30.8 Å². The minimum Gasteiger partial charge on any atom is -0.383 e. The van der Waals surface area contributed by atoms with Gasteiger partial charge in [-0.3, -0.25) is 9.59 Å². The zero-order valence-electron chi connectivity index (χ0n) is 14.1. The van der Waals surface area contributed by atoms with Crippen LogP contribution in [0.15, 0.2) is 46.1 Å². The summed E-state index contributed by atoms with van der Waals surface area (Å²) < 4.78 is 6.20. The van der Waals surface area contributed by atoms with E-state index in [0.717, 1.165) is 5.56 Å². The minimum absolute atomic E-state index is 0.227. The monoisotopic (exact) mass is 347 g/mol. The van der Waals surface area contributed by atoms with Gasteiger partial charge < -0.3 is 9.64 Å². The normalized spacial score (nSPS) is 10.6. The van der Waals surface area contributed by atoms with E-state index in [1.807, 2.05) is 30.5 Å². The van der Waals surface area contributed by atoms with E-state index in [0.29, 0.717) is 19.7 Å². The number of carbonyl (C=O) groups excluding carboxylic acids is 1. The molecule has 0 saturated carbocycles. The van der Waals surface area contributed by atoms with E-state index < -0.39 is 0 Å². The molecule has 0 radical (unpaired) electrons. The first-order valence-corrected chi connectivity index (χ1v) is 8.73. The third-order valence-corrected chi connectivity index (χ3v) is 4.26. The highest BCUT2D eigenvalue weighted by Gasteiger charge is 2.15. The lowest BCUT2D eigenvalue weighted by Gasteiger charge is -2.17. The second kappa shape index (κ2) is 8.65. The lowest BCUT2D eigenvalue weighted by atomic mass is 10.2. The number of hydrogen-bond acceptors (Lipinski definition) is 5. The molecule has 1 amide bonds. The van der Waals surface area contributed by atoms with Crippen LogP contribution in [0.1, 0.15) is 16.1 Å². The number of thioether (sulfide) groups is 1. The molecule has 0 spiro atoms. The fourth-order valence-corrected chi connectivity index (χ4v) is 2.58. The molecule has 2 aromatic rings. The molecule has 1 aromatic carbocycles. The Morgan fingerprint density at radius 3 is 2.58 bits per heavy atom. The largest absolute Gasteiger partial charge is 0.383 e. The van der Waals surface area contributed by atoms with Crippen LogP contribution in [0.4, 0.5) is 0 Å². The molecule has 0 aliphatic heterocycles. The first kappa shape index (κ1) is 18.2. The van der Waals surface area contributed by atoms with E-state index in [2.05, 4.69) is 5.10 Å². The van der Waals surface area contributed by atoms with Gasteiger partial charge in [-0.15, -0.1) is 11.8 Å². The Hall–Kier alpha value is -2.12. The number of ether oxygens (including phenoxy) is 1. The summed E-state index contributed by atoms with van der Waals surface area (Å²) in [4.78, 5) is 27.0. The summed E-state index contributed by atoms with van der Waals surface area (Å²) in [6.07, 6.45) is 2.02. The van der Waals surface area contributed by atoms with Crippen molar-refractivity contribution in [3.8, 4) is 0 Å². The van der Waals surface area contributed by atoms with Crippen molar-refractivity contribution >= 4 is 17.7 Å². The smallest absolute Gasteiger partial charge is 0.274 e. The molecule has 1 heterocycles. The van der Waals surface area contributed by atoms with Crippen LogP contribution in [-0.2, 0) is 17.8 Å². The molecule has 0 aliphatic rings. The molecule has 0 saturated heterocycles. The van der Waals surface area contributed by atoms with Crippen molar-refractivity contribution in [3.05, 3.63) is 58.0 Å². The predicted octanol–water partition coefficient (Wildman–Crippen LogP) is 1.88. The van der Waals surface area contributed by atoms with Crippen LogP contribution in [0.2, 0.25) is 0 Å². The molecule has 0 N–H and O–H groups in total.